The maximum atomic E-state index is 11.2. The van der Waals surface area contributed by atoms with Crippen molar-refractivity contribution in [2.45, 2.75) is 6.29 Å². The van der Waals surface area contributed by atoms with Crippen molar-refractivity contribution >= 4 is 23.2 Å². The van der Waals surface area contributed by atoms with Crippen LogP contribution in [0.5, 0.6) is 0 Å². The lowest BCUT2D eigenvalue weighted by Crippen LogP contribution is -2.38. The molecular formula is C7H12N2O3S. The van der Waals surface area contributed by atoms with Crippen molar-refractivity contribution in [3.05, 3.63) is 0 Å². The summed E-state index contributed by atoms with van der Waals surface area (Å²) < 4.78 is 9.91. The van der Waals surface area contributed by atoms with Crippen LogP contribution >= 0.6 is 12.2 Å². The predicted molar refractivity (Wildman–Crippen MR) is 50.1 cm³/mol. The van der Waals surface area contributed by atoms with Crippen LogP contribution < -0.4 is 5.32 Å². The third kappa shape index (κ3) is 2.36. The van der Waals surface area contributed by atoms with Crippen molar-refractivity contribution in [2.24, 2.45) is 0 Å². The van der Waals surface area contributed by atoms with Crippen molar-refractivity contribution in [3.63, 3.8) is 0 Å². The Balaban J connectivity index is 2.51. The molecule has 1 aliphatic heterocycles. The number of rotatable bonds is 4. The first-order chi connectivity index (χ1) is 6.19. The number of thiocarbonyl (C=S) groups is 1. The van der Waals surface area contributed by atoms with E-state index in [0.717, 1.165) is 0 Å². The Labute approximate surface area is 82.0 Å². The molecule has 6 heteroatoms. The molecule has 1 saturated heterocycles. The normalized spacial score (nSPS) is 17.0. The van der Waals surface area contributed by atoms with Crippen LogP contribution in [0.1, 0.15) is 0 Å². The first-order valence-electron chi connectivity index (χ1n) is 3.82. The van der Waals surface area contributed by atoms with Gasteiger partial charge in [-0.15, -0.1) is 0 Å². The fourth-order valence-corrected chi connectivity index (χ4v) is 1.28. The third-order valence-electron chi connectivity index (χ3n) is 1.79. The molecule has 1 N–H and O–H groups in total. The average Bonchev–Trinajstić information content (AvgIpc) is 2.44. The molecule has 0 aromatic rings. The van der Waals surface area contributed by atoms with Gasteiger partial charge in [-0.2, -0.15) is 0 Å². The quantitative estimate of drug-likeness (QED) is 0.486. The van der Waals surface area contributed by atoms with Gasteiger partial charge in [-0.05, 0) is 12.2 Å². The monoisotopic (exact) mass is 204 g/mol. The molecule has 5 nitrogen and oxygen atoms in total. The summed E-state index contributed by atoms with van der Waals surface area (Å²) in [6.07, 6.45) is -0.429. The van der Waals surface area contributed by atoms with Crippen molar-refractivity contribution in [1.82, 2.24) is 10.2 Å². The number of carbonyl (C=O) groups is 1. The molecule has 0 bridgehead atoms. The molecular weight excluding hydrogens is 192 g/mol. The average molecular weight is 204 g/mol. The molecule has 0 atom stereocenters. The fraction of sp³-hybridized carbons (Fsp3) is 0.714. The van der Waals surface area contributed by atoms with Gasteiger partial charge in [0.15, 0.2) is 11.4 Å². The van der Waals surface area contributed by atoms with Crippen LogP contribution in [0.15, 0.2) is 0 Å². The second kappa shape index (κ2) is 4.50. The van der Waals surface area contributed by atoms with Crippen molar-refractivity contribution in [1.29, 1.82) is 0 Å². The standard InChI is InChI=1S/C7H12N2O3S/c1-11-6(12-2)4-9-5(10)3-8-7(9)13/h6H,3-4H2,1-2H3,(H,8,13). The SMILES string of the molecule is COC(CN1C(=O)CNC1=S)OC. The highest BCUT2D eigenvalue weighted by Gasteiger charge is 2.27. The molecule has 13 heavy (non-hydrogen) atoms. The Morgan fingerprint density at radius 1 is 1.62 bits per heavy atom. The maximum absolute atomic E-state index is 11.2. The second-order valence-corrected chi connectivity index (χ2v) is 2.95. The number of hydrogen-bond donors (Lipinski definition) is 1. The van der Waals surface area contributed by atoms with Gasteiger partial charge in [0.25, 0.3) is 0 Å². The van der Waals surface area contributed by atoms with Gasteiger partial charge in [0, 0.05) is 14.2 Å². The van der Waals surface area contributed by atoms with E-state index in [2.05, 4.69) is 5.32 Å². The number of nitrogens with zero attached hydrogens (tertiary/aromatic N) is 1. The predicted octanol–water partition coefficient (Wildman–Crippen LogP) is -0.678. The first kappa shape index (κ1) is 10.4. The van der Waals surface area contributed by atoms with Gasteiger partial charge in [0.2, 0.25) is 5.91 Å². The van der Waals surface area contributed by atoms with E-state index in [0.29, 0.717) is 11.7 Å². The number of amides is 1. The van der Waals surface area contributed by atoms with Crippen LogP contribution in [0.3, 0.4) is 0 Å². The summed E-state index contributed by atoms with van der Waals surface area (Å²) in [7, 11) is 3.04. The van der Waals surface area contributed by atoms with Gasteiger partial charge in [0.1, 0.15) is 0 Å². The van der Waals surface area contributed by atoms with E-state index < -0.39 is 6.29 Å². The molecule has 1 heterocycles. The molecule has 0 aromatic carbocycles. The van der Waals surface area contributed by atoms with E-state index >= 15 is 0 Å². The van der Waals surface area contributed by atoms with Gasteiger partial charge in [-0.3, -0.25) is 9.69 Å². The van der Waals surface area contributed by atoms with Crippen molar-refractivity contribution < 1.29 is 14.3 Å². The Morgan fingerprint density at radius 3 is 2.62 bits per heavy atom. The molecule has 0 radical (unpaired) electrons. The van der Waals surface area contributed by atoms with Gasteiger partial charge in [0.05, 0.1) is 13.1 Å². The minimum atomic E-state index is -0.429. The Bertz CT molecular complexity index is 202. The zero-order valence-electron chi connectivity index (χ0n) is 7.57. The zero-order chi connectivity index (χ0) is 9.84. The topological polar surface area (TPSA) is 50.8 Å². The summed E-state index contributed by atoms with van der Waals surface area (Å²) in [5.41, 5.74) is 0. The molecule has 0 aliphatic carbocycles. The number of hydrogen-bond acceptors (Lipinski definition) is 4. The van der Waals surface area contributed by atoms with E-state index in [9.17, 15) is 4.79 Å². The lowest BCUT2D eigenvalue weighted by atomic mass is 10.5. The lowest BCUT2D eigenvalue weighted by molar-refractivity contribution is -0.135. The van der Waals surface area contributed by atoms with Crippen LogP contribution in [0, 0.1) is 0 Å². The largest absolute Gasteiger partial charge is 0.354 e. The van der Waals surface area contributed by atoms with E-state index in [1.54, 1.807) is 0 Å². The summed E-state index contributed by atoms with van der Waals surface area (Å²) in [4.78, 5) is 12.7. The Morgan fingerprint density at radius 2 is 2.23 bits per heavy atom. The third-order valence-corrected chi connectivity index (χ3v) is 2.16. The molecule has 1 aliphatic rings. The second-order valence-electron chi connectivity index (χ2n) is 2.56. The summed E-state index contributed by atoms with van der Waals surface area (Å²) in [6, 6.07) is 0. The van der Waals surface area contributed by atoms with E-state index in [1.165, 1.54) is 19.1 Å². The highest BCUT2D eigenvalue weighted by Crippen LogP contribution is 2.03. The van der Waals surface area contributed by atoms with Gasteiger partial charge in [-0.25, -0.2) is 0 Å². The fourth-order valence-electron chi connectivity index (χ4n) is 1.03. The Kier molecular flexibility index (Phi) is 3.58. The number of carbonyl (C=O) groups excluding carboxylic acids is 1. The van der Waals surface area contributed by atoms with Crippen LogP contribution in [0.4, 0.5) is 0 Å². The number of ether oxygens (including phenoxy) is 2. The van der Waals surface area contributed by atoms with Crippen molar-refractivity contribution in [2.75, 3.05) is 27.3 Å². The molecule has 1 fully saturated rings. The highest BCUT2D eigenvalue weighted by atomic mass is 32.1. The van der Waals surface area contributed by atoms with E-state index in [1.807, 2.05) is 0 Å². The number of methoxy groups -OCH3 is 2. The molecule has 0 saturated carbocycles. The summed E-state index contributed by atoms with van der Waals surface area (Å²) in [5.74, 6) is -0.0518. The Hall–Kier alpha value is -0.720. The minimum absolute atomic E-state index is 0.0518. The molecule has 1 amide bonds. The molecule has 0 aromatic heterocycles. The van der Waals surface area contributed by atoms with Crippen LogP contribution in [-0.4, -0.2) is 49.5 Å². The van der Waals surface area contributed by atoms with Crippen LogP contribution in [0.25, 0.3) is 0 Å². The van der Waals surface area contributed by atoms with Crippen molar-refractivity contribution in [3.8, 4) is 0 Å². The number of nitrogens with one attached hydrogen (secondary N) is 1. The minimum Gasteiger partial charge on any atom is -0.354 e. The van der Waals surface area contributed by atoms with Crippen LogP contribution in [-0.2, 0) is 14.3 Å². The van der Waals surface area contributed by atoms with Crippen LogP contribution in [0.2, 0.25) is 0 Å². The van der Waals surface area contributed by atoms with E-state index in [-0.39, 0.29) is 12.5 Å². The summed E-state index contributed by atoms with van der Waals surface area (Å²) in [6.45, 7) is 0.594. The smallest absolute Gasteiger partial charge is 0.248 e. The van der Waals surface area contributed by atoms with Gasteiger partial charge >= 0.3 is 0 Å². The van der Waals surface area contributed by atoms with Gasteiger partial charge in [-0.1, -0.05) is 0 Å². The summed E-state index contributed by atoms with van der Waals surface area (Å²) in [5, 5.41) is 3.20. The van der Waals surface area contributed by atoms with Gasteiger partial charge < -0.3 is 14.8 Å². The molecule has 0 unspecified atom stereocenters. The summed E-state index contributed by atoms with van der Waals surface area (Å²) >= 11 is 4.91. The maximum Gasteiger partial charge on any atom is 0.248 e. The van der Waals surface area contributed by atoms with E-state index in [4.69, 9.17) is 21.7 Å². The molecule has 1 rings (SSSR count). The lowest BCUT2D eigenvalue weighted by Gasteiger charge is -2.20. The first-order valence-corrected chi connectivity index (χ1v) is 4.23. The molecule has 0 spiro atoms. The molecule has 74 valence electrons. The zero-order valence-corrected chi connectivity index (χ0v) is 8.39. The highest BCUT2D eigenvalue weighted by molar-refractivity contribution is 7.80.